The number of carbonyl (C=O) groups is 2. The summed E-state index contributed by atoms with van der Waals surface area (Å²) in [6.07, 6.45) is 14.4. The van der Waals surface area contributed by atoms with Crippen LogP contribution in [0.25, 0.3) is 27.9 Å². The van der Waals surface area contributed by atoms with Crippen molar-refractivity contribution < 1.29 is 14.3 Å². The van der Waals surface area contributed by atoms with Crippen LogP contribution in [-0.4, -0.2) is 87.2 Å². The van der Waals surface area contributed by atoms with Gasteiger partial charge in [0.05, 0.1) is 17.8 Å². The predicted octanol–water partition coefficient (Wildman–Crippen LogP) is 6.38. The summed E-state index contributed by atoms with van der Waals surface area (Å²) in [6, 6.07) is 16.0. The van der Waals surface area contributed by atoms with Crippen LogP contribution < -0.4 is 5.32 Å². The number of ether oxygens (including phenoxy) is 1. The summed E-state index contributed by atoms with van der Waals surface area (Å²) in [6.45, 7) is 8.92. The molecule has 0 bridgehead atoms. The van der Waals surface area contributed by atoms with E-state index in [2.05, 4.69) is 62.4 Å². The first-order chi connectivity index (χ1) is 24.4. The van der Waals surface area contributed by atoms with Gasteiger partial charge in [0.25, 0.3) is 5.91 Å². The van der Waals surface area contributed by atoms with Gasteiger partial charge in [-0.25, -0.2) is 9.97 Å². The first-order valence-corrected chi connectivity index (χ1v) is 17.6. The first kappa shape index (κ1) is 33.6. The lowest BCUT2D eigenvalue weighted by atomic mass is 9.89. The minimum absolute atomic E-state index is 0.0969. The summed E-state index contributed by atoms with van der Waals surface area (Å²) >= 11 is 0. The molecule has 4 heterocycles. The van der Waals surface area contributed by atoms with Crippen molar-refractivity contribution in [1.29, 1.82) is 0 Å². The van der Waals surface area contributed by atoms with Gasteiger partial charge in [-0.05, 0) is 86.8 Å². The molecule has 1 aliphatic carbocycles. The summed E-state index contributed by atoms with van der Waals surface area (Å²) in [5.74, 6) is 1.57. The lowest BCUT2D eigenvalue weighted by Gasteiger charge is -2.33. The molecule has 10 heteroatoms. The molecule has 4 aromatic rings. The molecule has 2 N–H and O–H groups in total. The Morgan fingerprint density at radius 2 is 1.82 bits per heavy atom. The van der Waals surface area contributed by atoms with Gasteiger partial charge in [0.15, 0.2) is 11.4 Å². The zero-order chi connectivity index (χ0) is 34.7. The average molecular weight is 672 g/mol. The largest absolute Gasteiger partial charge is 0.367 e. The van der Waals surface area contributed by atoms with E-state index in [1.54, 1.807) is 19.5 Å². The van der Waals surface area contributed by atoms with Crippen LogP contribution in [0.1, 0.15) is 56.2 Å². The molecule has 2 saturated heterocycles. The van der Waals surface area contributed by atoms with Crippen LogP contribution in [0.15, 0.2) is 91.3 Å². The molecule has 0 unspecified atom stereocenters. The zero-order valence-electron chi connectivity index (χ0n) is 28.9. The molecule has 0 spiro atoms. The van der Waals surface area contributed by atoms with E-state index in [1.165, 1.54) is 18.4 Å². The number of H-pyrrole nitrogens is 1. The quantitative estimate of drug-likeness (QED) is 0.178. The number of hydrogen-bond donors (Lipinski definition) is 2. The molecule has 50 heavy (non-hydrogen) atoms. The second-order valence-corrected chi connectivity index (χ2v) is 13.7. The van der Waals surface area contributed by atoms with Gasteiger partial charge in [-0.1, -0.05) is 48.6 Å². The molecule has 0 radical (unpaired) electrons. The maximum Gasteiger partial charge on any atom is 0.258 e. The molecule has 3 fully saturated rings. The third-order valence-electron chi connectivity index (χ3n) is 10.4. The van der Waals surface area contributed by atoms with E-state index >= 15 is 0 Å². The predicted molar refractivity (Wildman–Crippen MR) is 196 cm³/mol. The number of nitrogens with one attached hydrogen (secondary N) is 2. The Kier molecular flexibility index (Phi) is 9.74. The Bertz CT molecular complexity index is 1920. The van der Waals surface area contributed by atoms with Crippen molar-refractivity contribution in [2.75, 3.05) is 45.2 Å². The lowest BCUT2D eigenvalue weighted by molar-refractivity contribution is -0.138. The van der Waals surface area contributed by atoms with Gasteiger partial charge in [0.1, 0.15) is 0 Å². The maximum atomic E-state index is 13.8. The third-order valence-corrected chi connectivity index (χ3v) is 10.4. The number of likely N-dealkylation sites (tertiary alicyclic amines) is 2. The monoisotopic (exact) mass is 671 g/mol. The zero-order valence-corrected chi connectivity index (χ0v) is 28.9. The molecule has 2 aromatic carbocycles. The number of rotatable bonds is 11. The van der Waals surface area contributed by atoms with Crippen molar-refractivity contribution >= 4 is 34.0 Å². The number of amides is 2. The maximum absolute atomic E-state index is 13.8. The minimum atomic E-state index is -1.05. The van der Waals surface area contributed by atoms with E-state index in [4.69, 9.17) is 4.74 Å². The van der Waals surface area contributed by atoms with Gasteiger partial charge in [0, 0.05) is 67.9 Å². The summed E-state index contributed by atoms with van der Waals surface area (Å²) in [5, 5.41) is 11.8. The highest BCUT2D eigenvalue weighted by Gasteiger charge is 2.45. The van der Waals surface area contributed by atoms with Crippen molar-refractivity contribution in [3.8, 4) is 11.4 Å². The average Bonchev–Trinajstić information content (AvgIpc) is 3.80. The Morgan fingerprint density at radius 3 is 2.52 bits per heavy atom. The van der Waals surface area contributed by atoms with Crippen LogP contribution in [0.3, 0.4) is 0 Å². The van der Waals surface area contributed by atoms with Gasteiger partial charge in [-0.15, -0.1) is 0 Å². The molecule has 2 amide bonds. The van der Waals surface area contributed by atoms with Gasteiger partial charge in [0.2, 0.25) is 5.91 Å². The van der Waals surface area contributed by atoms with Crippen molar-refractivity contribution in [1.82, 2.24) is 30.0 Å². The number of allylic oxidation sites excluding steroid dienone is 5. The second-order valence-electron chi connectivity index (χ2n) is 13.7. The van der Waals surface area contributed by atoms with Crippen LogP contribution in [-0.2, 0) is 14.3 Å². The lowest BCUT2D eigenvalue weighted by Crippen LogP contribution is -2.48. The number of aromatic amines is 1. The summed E-state index contributed by atoms with van der Waals surface area (Å²) < 4.78 is 5.90. The number of fused-ring (bicyclic) bond motifs is 1. The Balaban J connectivity index is 0.947. The molecule has 3 aliphatic rings. The van der Waals surface area contributed by atoms with Crippen molar-refractivity contribution in [3.63, 3.8) is 0 Å². The van der Waals surface area contributed by atoms with Gasteiger partial charge in [-0.2, -0.15) is 5.10 Å². The minimum Gasteiger partial charge on any atom is -0.367 e. The first-order valence-electron chi connectivity index (χ1n) is 17.6. The molecule has 2 aliphatic heterocycles. The second kappa shape index (κ2) is 14.5. The van der Waals surface area contributed by atoms with Crippen molar-refractivity contribution in [2.45, 2.75) is 50.5 Å². The number of benzene rings is 2. The molecular formula is C40H45N7O3. The normalized spacial score (nSPS) is 20.5. The van der Waals surface area contributed by atoms with E-state index < -0.39 is 5.60 Å². The number of nitrogens with zero attached hydrogens (tertiary/aromatic N) is 5. The number of methoxy groups -OCH3 is 1. The van der Waals surface area contributed by atoms with E-state index in [0.717, 1.165) is 65.1 Å². The molecule has 2 aromatic heterocycles. The van der Waals surface area contributed by atoms with Gasteiger partial charge in [-0.3, -0.25) is 19.6 Å². The van der Waals surface area contributed by atoms with Crippen LogP contribution >= 0.6 is 0 Å². The number of carbonyl (C=O) groups excluding carboxylic acids is 2. The fourth-order valence-corrected chi connectivity index (χ4v) is 7.25. The Morgan fingerprint density at radius 1 is 1.06 bits per heavy atom. The third kappa shape index (κ3) is 7.18. The van der Waals surface area contributed by atoms with Crippen LogP contribution in [0.5, 0.6) is 0 Å². The summed E-state index contributed by atoms with van der Waals surface area (Å²) in [4.78, 5) is 39.9. The molecular weight excluding hydrogens is 626 g/mol. The fraction of sp³-hybridized carbons (Fsp3) is 0.375. The van der Waals surface area contributed by atoms with E-state index in [1.807, 2.05) is 53.1 Å². The van der Waals surface area contributed by atoms with Gasteiger partial charge < -0.3 is 15.0 Å². The number of aromatic nitrogens is 4. The summed E-state index contributed by atoms with van der Waals surface area (Å²) in [5.41, 5.74) is 5.72. The van der Waals surface area contributed by atoms with E-state index in [-0.39, 0.29) is 18.4 Å². The van der Waals surface area contributed by atoms with Crippen LogP contribution in [0.2, 0.25) is 0 Å². The van der Waals surface area contributed by atoms with E-state index in [0.29, 0.717) is 37.0 Å². The summed E-state index contributed by atoms with van der Waals surface area (Å²) in [7, 11) is 1.58. The standard InChI is InChI=1S/C40H45N7O3/c1-4-6-32(23-27(2)28-7-8-28)37-34-24-33(13-14-35(34)44-45-37)43-39(49)40(50-3)17-22-46(26-40)25-36(48)47-20-15-30(16-21-47)29-9-11-31(12-10-29)38-41-18-5-19-42-38/h4-6,9-14,18-19,23-24,28,30H,2,7-8,15-17,20-22,25-26H2,1,3H3,(H,43,49)(H,44,45)/b6-4-,32-23+/t40-/m0/s1. The number of anilines is 1. The molecule has 10 nitrogen and oxygen atoms in total. The van der Waals surface area contributed by atoms with Crippen LogP contribution in [0, 0.1) is 5.92 Å². The van der Waals surface area contributed by atoms with Crippen molar-refractivity contribution in [3.05, 3.63) is 103 Å². The SMILES string of the molecule is C=C(/C=C(\C=C/C)c1n[nH]c2ccc(NC(=O)[C@]3(OC)CCN(CC(=O)N4CCC(c5ccc(-c6ncccn6)cc5)CC4)C3)cc12)C1CC1. The fourth-order valence-electron chi connectivity index (χ4n) is 7.25. The highest BCUT2D eigenvalue weighted by Crippen LogP contribution is 2.38. The smallest absolute Gasteiger partial charge is 0.258 e. The highest BCUT2D eigenvalue weighted by atomic mass is 16.5. The van der Waals surface area contributed by atoms with Gasteiger partial charge >= 0.3 is 0 Å². The molecule has 7 rings (SSSR count). The Labute approximate surface area is 293 Å². The molecule has 258 valence electrons. The number of piperidine rings is 1. The van der Waals surface area contributed by atoms with Crippen molar-refractivity contribution in [2.24, 2.45) is 5.92 Å². The van der Waals surface area contributed by atoms with E-state index in [9.17, 15) is 9.59 Å². The molecule has 1 saturated carbocycles. The molecule has 1 atom stereocenters. The Hall–Kier alpha value is -4.93. The van der Waals surface area contributed by atoms with Crippen LogP contribution in [0.4, 0.5) is 5.69 Å². The number of hydrogen-bond acceptors (Lipinski definition) is 7. The highest BCUT2D eigenvalue weighted by molar-refractivity contribution is 6.01. The topological polar surface area (TPSA) is 116 Å².